The SMILES string of the molecule is O=C(NCCc1ccc(CO)cc1)Nc1ccc(-n2ccnn2)cc1. The van der Waals surface area contributed by atoms with Gasteiger partial charge in [0.05, 0.1) is 24.7 Å². The van der Waals surface area contributed by atoms with Crippen LogP contribution in [0, 0.1) is 0 Å². The summed E-state index contributed by atoms with van der Waals surface area (Å²) in [4.78, 5) is 11.9. The minimum atomic E-state index is -0.250. The molecule has 2 aromatic carbocycles. The number of hydrogen-bond acceptors (Lipinski definition) is 4. The molecule has 7 heteroatoms. The number of amides is 2. The minimum Gasteiger partial charge on any atom is -0.392 e. The van der Waals surface area contributed by atoms with Crippen LogP contribution in [0.3, 0.4) is 0 Å². The zero-order valence-corrected chi connectivity index (χ0v) is 13.6. The Morgan fingerprint density at radius 1 is 1.04 bits per heavy atom. The predicted molar refractivity (Wildman–Crippen MR) is 94.4 cm³/mol. The van der Waals surface area contributed by atoms with E-state index in [0.29, 0.717) is 12.2 Å². The van der Waals surface area contributed by atoms with E-state index in [-0.39, 0.29) is 12.6 Å². The Morgan fingerprint density at radius 2 is 1.76 bits per heavy atom. The van der Waals surface area contributed by atoms with E-state index >= 15 is 0 Å². The fourth-order valence-corrected chi connectivity index (χ4v) is 2.35. The highest BCUT2D eigenvalue weighted by Gasteiger charge is 2.03. The monoisotopic (exact) mass is 337 g/mol. The standard InChI is InChI=1S/C18H19N5O2/c24-13-15-3-1-14(2-4-15)9-10-19-18(25)21-16-5-7-17(8-6-16)23-12-11-20-22-23/h1-8,11-12,24H,9-10,13H2,(H2,19,21,25). The van der Waals surface area contributed by atoms with Crippen LogP contribution in [0.25, 0.3) is 5.69 Å². The van der Waals surface area contributed by atoms with Crippen molar-refractivity contribution in [3.05, 3.63) is 72.1 Å². The van der Waals surface area contributed by atoms with Crippen molar-refractivity contribution >= 4 is 11.7 Å². The lowest BCUT2D eigenvalue weighted by Gasteiger charge is -2.09. The molecular formula is C18H19N5O2. The van der Waals surface area contributed by atoms with E-state index < -0.39 is 0 Å². The minimum absolute atomic E-state index is 0.0383. The zero-order valence-electron chi connectivity index (χ0n) is 13.6. The Morgan fingerprint density at radius 3 is 2.40 bits per heavy atom. The molecule has 0 atom stereocenters. The average molecular weight is 337 g/mol. The number of aromatic nitrogens is 3. The molecule has 128 valence electrons. The number of nitrogens with zero attached hydrogens (tertiary/aromatic N) is 3. The average Bonchev–Trinajstić information content (AvgIpc) is 3.18. The van der Waals surface area contributed by atoms with E-state index in [2.05, 4.69) is 20.9 Å². The van der Waals surface area contributed by atoms with Gasteiger partial charge in [-0.3, -0.25) is 0 Å². The smallest absolute Gasteiger partial charge is 0.319 e. The highest BCUT2D eigenvalue weighted by Crippen LogP contribution is 2.12. The van der Waals surface area contributed by atoms with E-state index in [9.17, 15) is 4.79 Å². The number of nitrogens with one attached hydrogen (secondary N) is 2. The largest absolute Gasteiger partial charge is 0.392 e. The van der Waals surface area contributed by atoms with Gasteiger partial charge in [-0.05, 0) is 41.8 Å². The van der Waals surface area contributed by atoms with Gasteiger partial charge in [0.25, 0.3) is 0 Å². The summed E-state index contributed by atoms with van der Waals surface area (Å²) in [5.74, 6) is 0. The van der Waals surface area contributed by atoms with Crippen LogP contribution in [0.15, 0.2) is 60.9 Å². The molecule has 0 unspecified atom stereocenters. The number of carbonyl (C=O) groups excluding carboxylic acids is 1. The van der Waals surface area contributed by atoms with E-state index in [1.807, 2.05) is 48.5 Å². The van der Waals surface area contributed by atoms with E-state index in [1.165, 1.54) is 0 Å². The maximum absolute atomic E-state index is 11.9. The zero-order chi connectivity index (χ0) is 17.5. The summed E-state index contributed by atoms with van der Waals surface area (Å²) in [6.07, 6.45) is 4.09. The topological polar surface area (TPSA) is 92.1 Å². The van der Waals surface area contributed by atoms with Crippen molar-refractivity contribution < 1.29 is 9.90 Å². The quantitative estimate of drug-likeness (QED) is 0.642. The van der Waals surface area contributed by atoms with Gasteiger partial charge in [0.15, 0.2) is 0 Å². The third-order valence-electron chi connectivity index (χ3n) is 3.72. The molecule has 0 aliphatic heterocycles. The normalized spacial score (nSPS) is 10.4. The second-order valence-corrected chi connectivity index (χ2v) is 5.50. The summed E-state index contributed by atoms with van der Waals surface area (Å²) in [6.45, 7) is 0.567. The molecule has 7 nitrogen and oxygen atoms in total. The van der Waals surface area contributed by atoms with Gasteiger partial charge in [-0.15, -0.1) is 5.10 Å². The molecular weight excluding hydrogens is 318 g/mol. The second kappa shape index (κ2) is 8.07. The van der Waals surface area contributed by atoms with Crippen molar-refractivity contribution in [2.75, 3.05) is 11.9 Å². The van der Waals surface area contributed by atoms with Crippen LogP contribution in [0.5, 0.6) is 0 Å². The van der Waals surface area contributed by atoms with Gasteiger partial charge in [0.1, 0.15) is 0 Å². The van der Waals surface area contributed by atoms with E-state index in [1.54, 1.807) is 17.1 Å². The molecule has 3 rings (SSSR count). The fraction of sp³-hybridized carbons (Fsp3) is 0.167. The molecule has 0 aliphatic carbocycles. The summed E-state index contributed by atoms with van der Waals surface area (Å²) in [5, 5.41) is 22.3. The first-order chi connectivity index (χ1) is 12.2. The van der Waals surface area contributed by atoms with Crippen LogP contribution in [-0.2, 0) is 13.0 Å². The van der Waals surface area contributed by atoms with Crippen molar-refractivity contribution in [3.8, 4) is 5.69 Å². The fourth-order valence-electron chi connectivity index (χ4n) is 2.35. The first kappa shape index (κ1) is 16.7. The molecule has 1 heterocycles. The number of hydrogen-bond donors (Lipinski definition) is 3. The number of aliphatic hydroxyl groups is 1. The lowest BCUT2D eigenvalue weighted by Crippen LogP contribution is -2.30. The van der Waals surface area contributed by atoms with Crippen LogP contribution in [0.1, 0.15) is 11.1 Å². The Bertz CT molecular complexity index is 798. The number of benzene rings is 2. The molecule has 0 radical (unpaired) electrons. The van der Waals surface area contributed by atoms with Gasteiger partial charge >= 0.3 is 6.03 Å². The van der Waals surface area contributed by atoms with Gasteiger partial charge < -0.3 is 15.7 Å². The summed E-state index contributed by atoms with van der Waals surface area (Å²) in [7, 11) is 0. The van der Waals surface area contributed by atoms with Gasteiger partial charge in [-0.2, -0.15) is 0 Å². The Kier molecular flexibility index (Phi) is 5.38. The molecule has 2 amide bonds. The van der Waals surface area contributed by atoms with Crippen molar-refractivity contribution in [2.45, 2.75) is 13.0 Å². The first-order valence-electron chi connectivity index (χ1n) is 7.95. The number of carbonyl (C=O) groups is 1. The lowest BCUT2D eigenvalue weighted by atomic mass is 10.1. The van der Waals surface area contributed by atoms with Gasteiger partial charge in [-0.1, -0.05) is 29.5 Å². The van der Waals surface area contributed by atoms with Crippen molar-refractivity contribution in [2.24, 2.45) is 0 Å². The maximum Gasteiger partial charge on any atom is 0.319 e. The predicted octanol–water partition coefficient (Wildman–Crippen LogP) is 2.12. The van der Waals surface area contributed by atoms with Gasteiger partial charge in [-0.25, -0.2) is 9.48 Å². The molecule has 1 aromatic heterocycles. The van der Waals surface area contributed by atoms with E-state index in [0.717, 1.165) is 23.2 Å². The Balaban J connectivity index is 1.45. The van der Waals surface area contributed by atoms with Crippen molar-refractivity contribution in [3.63, 3.8) is 0 Å². The third-order valence-corrected chi connectivity index (χ3v) is 3.72. The van der Waals surface area contributed by atoms with Crippen molar-refractivity contribution in [1.29, 1.82) is 0 Å². The third kappa shape index (κ3) is 4.65. The number of urea groups is 1. The summed E-state index contributed by atoms with van der Waals surface area (Å²) < 4.78 is 1.64. The summed E-state index contributed by atoms with van der Waals surface area (Å²) in [5.41, 5.74) is 3.56. The lowest BCUT2D eigenvalue weighted by molar-refractivity contribution is 0.252. The summed E-state index contributed by atoms with van der Waals surface area (Å²) in [6, 6.07) is 14.7. The Hall–Kier alpha value is -3.19. The summed E-state index contributed by atoms with van der Waals surface area (Å²) >= 11 is 0. The highest BCUT2D eigenvalue weighted by atomic mass is 16.3. The first-order valence-corrected chi connectivity index (χ1v) is 7.95. The number of aliphatic hydroxyl groups excluding tert-OH is 1. The van der Waals surface area contributed by atoms with Crippen LogP contribution < -0.4 is 10.6 Å². The molecule has 0 spiro atoms. The molecule has 0 aliphatic rings. The van der Waals surface area contributed by atoms with Gasteiger partial charge in [0, 0.05) is 12.2 Å². The van der Waals surface area contributed by atoms with Crippen LogP contribution in [0.4, 0.5) is 10.5 Å². The maximum atomic E-state index is 11.9. The van der Waals surface area contributed by atoms with Crippen LogP contribution in [0.2, 0.25) is 0 Å². The highest BCUT2D eigenvalue weighted by molar-refractivity contribution is 5.89. The number of rotatable bonds is 6. The van der Waals surface area contributed by atoms with Crippen molar-refractivity contribution in [1.82, 2.24) is 20.3 Å². The molecule has 25 heavy (non-hydrogen) atoms. The Labute approximate surface area is 145 Å². The molecule has 0 saturated carbocycles. The molecule has 3 N–H and O–H groups in total. The molecule has 0 bridgehead atoms. The molecule has 3 aromatic rings. The second-order valence-electron chi connectivity index (χ2n) is 5.50. The van der Waals surface area contributed by atoms with E-state index in [4.69, 9.17) is 5.11 Å². The van der Waals surface area contributed by atoms with Gasteiger partial charge in [0.2, 0.25) is 0 Å². The number of anilines is 1. The van der Waals surface area contributed by atoms with Crippen LogP contribution in [-0.4, -0.2) is 32.7 Å². The molecule has 0 fully saturated rings. The molecule has 0 saturated heterocycles. The van der Waals surface area contributed by atoms with Crippen LogP contribution >= 0.6 is 0 Å².